The van der Waals surface area contributed by atoms with Crippen LogP contribution < -0.4 is 0 Å². The van der Waals surface area contributed by atoms with Crippen molar-refractivity contribution < 1.29 is 28.6 Å². The van der Waals surface area contributed by atoms with Gasteiger partial charge in [0.15, 0.2) is 6.10 Å². The van der Waals surface area contributed by atoms with E-state index in [0.29, 0.717) is 19.3 Å². The van der Waals surface area contributed by atoms with Crippen molar-refractivity contribution in [2.75, 3.05) is 13.2 Å². The largest absolute Gasteiger partial charge is 0.462 e. The lowest BCUT2D eigenvalue weighted by Crippen LogP contribution is -2.30. The third kappa shape index (κ3) is 43.5. The fourth-order valence-electron chi connectivity index (χ4n) is 7.46. The minimum atomic E-state index is -0.760. The second-order valence-corrected chi connectivity index (χ2v) is 18.1. The Morgan fingerprint density at radius 2 is 0.589 bits per heavy atom. The minimum Gasteiger partial charge on any atom is -0.462 e. The van der Waals surface area contributed by atoms with Gasteiger partial charge in [-0.15, -0.1) is 0 Å². The van der Waals surface area contributed by atoms with Crippen molar-refractivity contribution in [2.45, 2.75) is 278 Å². The summed E-state index contributed by atoms with van der Waals surface area (Å²) in [6, 6.07) is 0. The smallest absolute Gasteiger partial charge is 0.306 e. The lowest BCUT2D eigenvalue weighted by molar-refractivity contribution is -0.167. The van der Waals surface area contributed by atoms with Crippen molar-refractivity contribution in [3.05, 3.63) is 0 Å². The normalized spacial score (nSPS) is 12.1. The van der Waals surface area contributed by atoms with Gasteiger partial charge in [0.25, 0.3) is 0 Å². The molecule has 0 heterocycles. The third-order valence-corrected chi connectivity index (χ3v) is 11.2. The van der Waals surface area contributed by atoms with E-state index in [0.717, 1.165) is 69.6 Å². The molecule has 0 saturated carbocycles. The number of rotatable bonds is 44. The average molecular weight is 793 g/mol. The number of carbonyl (C=O) groups is 3. The predicted molar refractivity (Wildman–Crippen MR) is 238 cm³/mol. The molecular formula is C50H96O6. The summed E-state index contributed by atoms with van der Waals surface area (Å²) in [4.78, 5) is 37.8. The van der Waals surface area contributed by atoms with Gasteiger partial charge in [0, 0.05) is 19.3 Å². The summed E-state index contributed by atoms with van der Waals surface area (Å²) in [5.74, 6) is 0.795. The van der Waals surface area contributed by atoms with Crippen molar-refractivity contribution in [2.24, 2.45) is 11.8 Å². The molecule has 0 aromatic heterocycles. The summed E-state index contributed by atoms with van der Waals surface area (Å²) in [5.41, 5.74) is 0. The summed E-state index contributed by atoms with van der Waals surface area (Å²) in [5, 5.41) is 0. The van der Waals surface area contributed by atoms with Crippen LogP contribution in [0.15, 0.2) is 0 Å². The van der Waals surface area contributed by atoms with Crippen LogP contribution >= 0.6 is 0 Å². The molecule has 1 atom stereocenters. The van der Waals surface area contributed by atoms with Crippen LogP contribution in [-0.2, 0) is 28.6 Å². The molecule has 0 fully saturated rings. The molecule has 0 rings (SSSR count). The number of ether oxygens (including phenoxy) is 3. The van der Waals surface area contributed by atoms with Crippen molar-refractivity contribution >= 4 is 17.9 Å². The van der Waals surface area contributed by atoms with E-state index in [2.05, 4.69) is 34.6 Å². The lowest BCUT2D eigenvalue weighted by Gasteiger charge is -2.18. The van der Waals surface area contributed by atoms with Gasteiger partial charge in [-0.3, -0.25) is 14.4 Å². The molecule has 0 radical (unpaired) electrons. The zero-order chi connectivity index (χ0) is 41.2. The summed E-state index contributed by atoms with van der Waals surface area (Å²) in [6.45, 7) is 11.3. The van der Waals surface area contributed by atoms with Crippen LogP contribution in [0.2, 0.25) is 0 Å². The first kappa shape index (κ1) is 54.4. The molecule has 0 saturated heterocycles. The van der Waals surface area contributed by atoms with E-state index in [4.69, 9.17) is 14.2 Å². The average Bonchev–Trinajstić information content (AvgIpc) is 3.16. The fraction of sp³-hybridized carbons (Fsp3) is 0.940. The molecule has 0 N–H and O–H groups in total. The molecule has 0 aliphatic carbocycles. The van der Waals surface area contributed by atoms with Crippen LogP contribution in [0.4, 0.5) is 0 Å². The van der Waals surface area contributed by atoms with E-state index < -0.39 is 6.10 Å². The van der Waals surface area contributed by atoms with Gasteiger partial charge in [0.2, 0.25) is 0 Å². The molecule has 0 aromatic rings. The summed E-state index contributed by atoms with van der Waals surface area (Å²) in [7, 11) is 0. The quantitative estimate of drug-likeness (QED) is 0.0347. The van der Waals surface area contributed by atoms with E-state index in [1.165, 1.54) is 161 Å². The Kier molecular flexibility index (Phi) is 41.8. The van der Waals surface area contributed by atoms with Crippen molar-refractivity contribution in [1.82, 2.24) is 0 Å². The van der Waals surface area contributed by atoms with Gasteiger partial charge in [-0.2, -0.15) is 0 Å². The second-order valence-electron chi connectivity index (χ2n) is 18.1. The SMILES string of the molecule is CCCCCCCCCCCCC(=O)O[C@H](COC(=O)CCCCCCCCCCCCCCCC(C)C)COC(=O)CCCCCCCCCCCC(C)C. The van der Waals surface area contributed by atoms with E-state index in [1.807, 2.05) is 0 Å². The third-order valence-electron chi connectivity index (χ3n) is 11.2. The Bertz CT molecular complexity index is 854. The van der Waals surface area contributed by atoms with E-state index in [-0.39, 0.29) is 31.1 Å². The van der Waals surface area contributed by atoms with Gasteiger partial charge < -0.3 is 14.2 Å². The van der Waals surface area contributed by atoms with Crippen LogP contribution in [0.1, 0.15) is 272 Å². The Hall–Kier alpha value is -1.59. The monoisotopic (exact) mass is 793 g/mol. The zero-order valence-electron chi connectivity index (χ0n) is 38.3. The number of esters is 3. The van der Waals surface area contributed by atoms with Crippen molar-refractivity contribution in [3.8, 4) is 0 Å². The van der Waals surface area contributed by atoms with Gasteiger partial charge in [0.05, 0.1) is 0 Å². The maximum atomic E-state index is 12.7. The van der Waals surface area contributed by atoms with E-state index in [9.17, 15) is 14.4 Å². The van der Waals surface area contributed by atoms with Crippen molar-refractivity contribution in [1.29, 1.82) is 0 Å². The first-order valence-electron chi connectivity index (χ1n) is 24.7. The van der Waals surface area contributed by atoms with Gasteiger partial charge in [-0.05, 0) is 31.1 Å². The highest BCUT2D eigenvalue weighted by Crippen LogP contribution is 2.17. The molecule has 0 unspecified atom stereocenters. The van der Waals surface area contributed by atoms with Crippen LogP contribution in [0.3, 0.4) is 0 Å². The highest BCUT2D eigenvalue weighted by Gasteiger charge is 2.19. The Labute approximate surface area is 348 Å². The highest BCUT2D eigenvalue weighted by molar-refractivity contribution is 5.71. The molecule has 0 bridgehead atoms. The van der Waals surface area contributed by atoms with Gasteiger partial charge in [-0.1, -0.05) is 234 Å². The lowest BCUT2D eigenvalue weighted by atomic mass is 10.0. The first-order valence-corrected chi connectivity index (χ1v) is 24.7. The van der Waals surface area contributed by atoms with E-state index >= 15 is 0 Å². The maximum absolute atomic E-state index is 12.7. The van der Waals surface area contributed by atoms with Crippen LogP contribution in [0.5, 0.6) is 0 Å². The Balaban J connectivity index is 4.28. The minimum absolute atomic E-state index is 0.0642. The fourth-order valence-corrected chi connectivity index (χ4v) is 7.46. The summed E-state index contributed by atoms with van der Waals surface area (Å²) >= 11 is 0. The second kappa shape index (κ2) is 43.0. The molecule has 56 heavy (non-hydrogen) atoms. The molecule has 6 nitrogen and oxygen atoms in total. The van der Waals surface area contributed by atoms with Crippen LogP contribution in [0, 0.1) is 11.8 Å². The van der Waals surface area contributed by atoms with Gasteiger partial charge in [-0.25, -0.2) is 0 Å². The van der Waals surface area contributed by atoms with Crippen molar-refractivity contribution in [3.63, 3.8) is 0 Å². The molecule has 6 heteroatoms. The molecule has 0 aromatic carbocycles. The number of unbranched alkanes of at least 4 members (excludes halogenated alkanes) is 29. The summed E-state index contributed by atoms with van der Waals surface area (Å²) in [6.07, 6.45) is 42.3. The highest BCUT2D eigenvalue weighted by atomic mass is 16.6. The number of hydrogen-bond donors (Lipinski definition) is 0. The standard InChI is InChI=1S/C50H96O6/c1-6-7-8-9-10-11-20-27-32-37-42-50(53)56-47(44-55-49(52)41-36-31-26-22-17-19-24-29-34-39-46(4)5)43-54-48(51)40-35-30-25-21-16-14-12-13-15-18-23-28-33-38-45(2)3/h45-47H,6-44H2,1-5H3/t47-/m1/s1. The predicted octanol–water partition coefficient (Wildman–Crippen LogP) is 15.8. The number of hydrogen-bond acceptors (Lipinski definition) is 6. The molecule has 0 spiro atoms. The molecule has 0 aliphatic rings. The topological polar surface area (TPSA) is 78.9 Å². The Morgan fingerprint density at radius 1 is 0.339 bits per heavy atom. The Morgan fingerprint density at radius 3 is 0.875 bits per heavy atom. The van der Waals surface area contributed by atoms with Crippen LogP contribution in [-0.4, -0.2) is 37.2 Å². The summed E-state index contributed by atoms with van der Waals surface area (Å²) < 4.78 is 16.8. The molecule has 332 valence electrons. The van der Waals surface area contributed by atoms with Gasteiger partial charge >= 0.3 is 17.9 Å². The van der Waals surface area contributed by atoms with E-state index in [1.54, 1.807) is 0 Å². The molecular weight excluding hydrogens is 697 g/mol. The zero-order valence-corrected chi connectivity index (χ0v) is 38.3. The maximum Gasteiger partial charge on any atom is 0.306 e. The first-order chi connectivity index (χ1) is 27.2. The molecule has 0 aliphatic heterocycles. The van der Waals surface area contributed by atoms with Crippen LogP contribution in [0.25, 0.3) is 0 Å². The van der Waals surface area contributed by atoms with Gasteiger partial charge in [0.1, 0.15) is 13.2 Å². The number of carbonyl (C=O) groups excluding carboxylic acids is 3. The molecule has 0 amide bonds.